The summed E-state index contributed by atoms with van der Waals surface area (Å²) in [6.45, 7) is 9.68. The van der Waals surface area contributed by atoms with Gasteiger partial charge in [-0.05, 0) is 89.6 Å². The summed E-state index contributed by atoms with van der Waals surface area (Å²) < 4.78 is 11.5. The van der Waals surface area contributed by atoms with Gasteiger partial charge in [0, 0.05) is 27.9 Å². The highest BCUT2D eigenvalue weighted by atomic mass is 35.5. The van der Waals surface area contributed by atoms with Crippen molar-refractivity contribution < 1.29 is 23.9 Å². The number of anilines is 1. The molecule has 2 amide bonds. The number of allylic oxidation sites excluding steroid dienone is 1. The first-order valence-corrected chi connectivity index (χ1v) is 19.0. The maximum absolute atomic E-state index is 14.2. The number of carbonyl (C=O) groups is 3. The third-order valence-electron chi connectivity index (χ3n) is 7.08. The fourth-order valence-corrected chi connectivity index (χ4v) is 5.89. The van der Waals surface area contributed by atoms with Crippen molar-refractivity contribution in [1.82, 2.24) is 4.90 Å². The maximum atomic E-state index is 14.2. The standard InChI is InChI=1S/C29H45ClN2O5S.C6H5Cl/c1-9-21(10-2)27-24(14-15-25(33)31(27)19-26(34)37-29(3,4)5)28(35)32(20-36-16-17-38(6,7)8)23-13-11-12-22(30)18-23;7-6-4-2-1-3-5-6/h9,11-13,18,24,27H,10,14-17,19-20H2,1-8H3;1-5H/b21-9+;/t24?,27-;/m1./s1. The molecule has 0 N–H and O–H groups in total. The van der Waals surface area contributed by atoms with Gasteiger partial charge in [0.05, 0.1) is 18.6 Å². The number of benzene rings is 2. The molecule has 1 unspecified atom stereocenters. The molecule has 2 atom stereocenters. The Balaban J connectivity index is 0.000000883. The van der Waals surface area contributed by atoms with Crippen molar-refractivity contribution in [1.29, 1.82) is 0 Å². The minimum absolute atomic E-state index is 0.0786. The van der Waals surface area contributed by atoms with E-state index in [9.17, 15) is 14.4 Å². The van der Waals surface area contributed by atoms with Crippen molar-refractivity contribution in [2.45, 2.75) is 65.5 Å². The summed E-state index contributed by atoms with van der Waals surface area (Å²) in [7, 11) is -0.744. The molecule has 1 aliphatic rings. The smallest absolute Gasteiger partial charge is 0.326 e. The number of rotatable bonds is 11. The van der Waals surface area contributed by atoms with Crippen molar-refractivity contribution >= 4 is 56.7 Å². The molecule has 1 aliphatic heterocycles. The highest BCUT2D eigenvalue weighted by molar-refractivity contribution is 8.32. The van der Waals surface area contributed by atoms with E-state index in [1.165, 1.54) is 4.90 Å². The number of hydrogen-bond donors (Lipinski definition) is 0. The Labute approximate surface area is 281 Å². The Morgan fingerprint density at radius 1 is 1.04 bits per heavy atom. The van der Waals surface area contributed by atoms with Crippen molar-refractivity contribution in [2.75, 3.05) is 49.3 Å². The molecule has 250 valence electrons. The zero-order valence-electron chi connectivity index (χ0n) is 28.0. The van der Waals surface area contributed by atoms with Crippen LogP contribution in [0.3, 0.4) is 0 Å². The molecule has 1 heterocycles. The SMILES string of the molecule is C/C=C(\CC)[C@@H]1C(C(=O)N(COCCS(C)(C)C)c2cccc(Cl)c2)CCC(=O)N1CC(=O)OC(C)(C)C.Clc1ccccc1. The number of carbonyl (C=O) groups excluding carboxylic acids is 3. The second-order valence-electron chi connectivity index (χ2n) is 12.8. The molecule has 10 heteroatoms. The van der Waals surface area contributed by atoms with E-state index in [1.807, 2.05) is 56.3 Å². The number of halogens is 2. The highest BCUT2D eigenvalue weighted by Gasteiger charge is 2.44. The first-order chi connectivity index (χ1) is 21.1. The lowest BCUT2D eigenvalue weighted by Gasteiger charge is -2.43. The van der Waals surface area contributed by atoms with E-state index >= 15 is 0 Å². The van der Waals surface area contributed by atoms with Gasteiger partial charge < -0.3 is 14.4 Å². The van der Waals surface area contributed by atoms with Crippen LogP contribution in [-0.2, 0) is 23.9 Å². The van der Waals surface area contributed by atoms with Gasteiger partial charge in [0.2, 0.25) is 11.8 Å². The van der Waals surface area contributed by atoms with E-state index in [0.29, 0.717) is 30.2 Å². The van der Waals surface area contributed by atoms with Crippen molar-refractivity contribution in [3.8, 4) is 0 Å². The minimum atomic E-state index is -0.744. The molecule has 7 nitrogen and oxygen atoms in total. The normalized spacial score (nSPS) is 17.7. The van der Waals surface area contributed by atoms with E-state index < -0.39 is 33.6 Å². The van der Waals surface area contributed by atoms with Crippen LogP contribution >= 0.6 is 33.2 Å². The summed E-state index contributed by atoms with van der Waals surface area (Å²) in [5.74, 6) is -0.425. The van der Waals surface area contributed by atoms with Gasteiger partial charge in [-0.2, -0.15) is 0 Å². The molecule has 2 aromatic carbocycles. The fraction of sp³-hybridized carbons (Fsp3) is 0.514. The molecule has 0 bridgehead atoms. The summed E-state index contributed by atoms with van der Waals surface area (Å²) in [6, 6.07) is 16.0. The molecule has 3 rings (SSSR count). The molecule has 2 aromatic rings. The molecule has 1 saturated heterocycles. The van der Waals surface area contributed by atoms with Gasteiger partial charge in [0.15, 0.2) is 0 Å². The van der Waals surface area contributed by atoms with Crippen LogP contribution in [0.2, 0.25) is 10.0 Å². The van der Waals surface area contributed by atoms with Gasteiger partial charge in [-0.3, -0.25) is 19.3 Å². The number of esters is 1. The Morgan fingerprint density at radius 2 is 1.69 bits per heavy atom. The van der Waals surface area contributed by atoms with Crippen LogP contribution in [0, 0.1) is 5.92 Å². The van der Waals surface area contributed by atoms with Crippen molar-refractivity contribution in [2.24, 2.45) is 5.92 Å². The van der Waals surface area contributed by atoms with E-state index in [4.69, 9.17) is 32.7 Å². The van der Waals surface area contributed by atoms with Gasteiger partial charge in [-0.1, -0.05) is 66.0 Å². The van der Waals surface area contributed by atoms with Gasteiger partial charge in [0.1, 0.15) is 18.9 Å². The summed E-state index contributed by atoms with van der Waals surface area (Å²) in [5, 5.41) is 1.31. The van der Waals surface area contributed by atoms with Crippen LogP contribution < -0.4 is 4.90 Å². The van der Waals surface area contributed by atoms with E-state index in [-0.39, 0.29) is 31.5 Å². The van der Waals surface area contributed by atoms with Crippen LogP contribution in [0.4, 0.5) is 5.69 Å². The van der Waals surface area contributed by atoms with Crippen LogP contribution in [0.5, 0.6) is 0 Å². The number of likely N-dealkylation sites (tertiary alicyclic amines) is 1. The molecule has 1 fully saturated rings. The fourth-order valence-electron chi connectivity index (χ4n) is 4.94. The summed E-state index contributed by atoms with van der Waals surface area (Å²) in [6.07, 6.45) is 9.82. The van der Waals surface area contributed by atoms with Crippen LogP contribution in [-0.4, -0.2) is 78.7 Å². The van der Waals surface area contributed by atoms with Crippen LogP contribution in [0.15, 0.2) is 66.2 Å². The Bertz CT molecular complexity index is 1290. The summed E-state index contributed by atoms with van der Waals surface area (Å²) >= 11 is 11.8. The third kappa shape index (κ3) is 13.4. The molecule has 0 spiro atoms. The predicted octanol–water partition coefficient (Wildman–Crippen LogP) is 7.99. The van der Waals surface area contributed by atoms with Crippen molar-refractivity contribution in [3.63, 3.8) is 0 Å². The van der Waals surface area contributed by atoms with Crippen molar-refractivity contribution in [3.05, 3.63) is 76.3 Å². The molecular formula is C35H50Cl2N2O5S. The number of hydrogen-bond acceptors (Lipinski definition) is 5. The average molecular weight is 682 g/mol. The molecule has 0 aromatic heterocycles. The quantitative estimate of drug-likeness (QED) is 0.104. The Morgan fingerprint density at radius 3 is 2.20 bits per heavy atom. The van der Waals surface area contributed by atoms with E-state index in [2.05, 4.69) is 18.8 Å². The first kappa shape index (κ1) is 38.7. The minimum Gasteiger partial charge on any atom is -0.459 e. The average Bonchev–Trinajstić information content (AvgIpc) is 2.94. The zero-order valence-corrected chi connectivity index (χ0v) is 30.3. The predicted molar refractivity (Wildman–Crippen MR) is 190 cm³/mol. The van der Waals surface area contributed by atoms with E-state index in [0.717, 1.165) is 16.3 Å². The number of piperidine rings is 1. The maximum Gasteiger partial charge on any atom is 0.326 e. The monoisotopic (exact) mass is 680 g/mol. The first-order valence-electron chi connectivity index (χ1n) is 15.2. The largest absolute Gasteiger partial charge is 0.459 e. The highest BCUT2D eigenvalue weighted by Crippen LogP contribution is 2.35. The number of ether oxygens (including phenoxy) is 2. The lowest BCUT2D eigenvalue weighted by Crippen LogP contribution is -2.56. The topological polar surface area (TPSA) is 76.2 Å². The summed E-state index contributed by atoms with van der Waals surface area (Å²) in [5.41, 5.74) is 0.895. The lowest BCUT2D eigenvalue weighted by molar-refractivity contribution is -0.162. The lowest BCUT2D eigenvalue weighted by atomic mass is 9.82. The van der Waals surface area contributed by atoms with Gasteiger partial charge in [-0.25, -0.2) is 10.0 Å². The Kier molecular flexibility index (Phi) is 15.4. The molecule has 45 heavy (non-hydrogen) atoms. The Hall–Kier alpha value is -2.52. The van der Waals surface area contributed by atoms with Crippen LogP contribution in [0.1, 0.15) is 53.9 Å². The van der Waals surface area contributed by atoms with Gasteiger partial charge in [0.25, 0.3) is 0 Å². The molecule has 0 saturated carbocycles. The second-order valence-corrected chi connectivity index (χ2v) is 18.3. The molecule has 0 aliphatic carbocycles. The third-order valence-corrected chi connectivity index (χ3v) is 8.96. The van der Waals surface area contributed by atoms with Crippen LogP contribution in [0.25, 0.3) is 0 Å². The summed E-state index contributed by atoms with van der Waals surface area (Å²) in [4.78, 5) is 43.3. The van der Waals surface area contributed by atoms with Gasteiger partial charge >= 0.3 is 5.97 Å². The second kappa shape index (κ2) is 18.0. The van der Waals surface area contributed by atoms with E-state index in [1.54, 1.807) is 43.9 Å². The molecular weight excluding hydrogens is 631 g/mol. The number of nitrogens with zero attached hydrogens (tertiary/aromatic N) is 2. The number of amides is 2. The molecule has 0 radical (unpaired) electrons. The van der Waals surface area contributed by atoms with Gasteiger partial charge in [-0.15, -0.1) is 0 Å². The zero-order chi connectivity index (χ0) is 33.8.